The van der Waals surface area contributed by atoms with Gasteiger partial charge in [-0.05, 0) is 36.4 Å². The second-order valence-electron chi connectivity index (χ2n) is 8.50. The van der Waals surface area contributed by atoms with E-state index in [0.717, 1.165) is 5.39 Å². The molecule has 0 aliphatic carbocycles. The average Bonchev–Trinajstić information content (AvgIpc) is 2.96. The van der Waals surface area contributed by atoms with Gasteiger partial charge in [0.25, 0.3) is 5.91 Å². The van der Waals surface area contributed by atoms with Crippen LogP contribution in [0.1, 0.15) is 15.9 Å². The van der Waals surface area contributed by atoms with Crippen molar-refractivity contribution in [3.8, 4) is 23.8 Å². The lowest BCUT2D eigenvalue weighted by Gasteiger charge is -2.13. The Morgan fingerprint density at radius 1 is 1.00 bits per heavy atom. The van der Waals surface area contributed by atoms with Crippen molar-refractivity contribution in [2.75, 3.05) is 44.1 Å². The lowest BCUT2D eigenvalue weighted by molar-refractivity contribution is 0.0692. The lowest BCUT2D eigenvalue weighted by atomic mass is 10.1. The van der Waals surface area contributed by atoms with Crippen LogP contribution in [0.2, 0.25) is 0 Å². The molecule has 1 heterocycles. The fourth-order valence-electron chi connectivity index (χ4n) is 3.90. The highest BCUT2D eigenvalue weighted by Gasteiger charge is 2.12. The first kappa shape index (κ1) is 27.9. The number of rotatable bonds is 12. The van der Waals surface area contributed by atoms with Gasteiger partial charge in [-0.1, -0.05) is 30.2 Å². The van der Waals surface area contributed by atoms with Crippen molar-refractivity contribution < 1.29 is 28.9 Å². The average molecular weight is 541 g/mol. The number of hydrogen-bond acceptors (Lipinski definition) is 7. The number of fused-ring (bicyclic) bond motifs is 1. The number of ether oxygens (including phenoxy) is 3. The van der Waals surface area contributed by atoms with E-state index >= 15 is 0 Å². The zero-order valence-electron chi connectivity index (χ0n) is 21.8. The summed E-state index contributed by atoms with van der Waals surface area (Å²) in [5.41, 5.74) is 1.96. The highest BCUT2D eigenvalue weighted by atomic mass is 16.5. The van der Waals surface area contributed by atoms with Crippen LogP contribution in [0.15, 0.2) is 72.9 Å². The monoisotopic (exact) mass is 540 g/mol. The molecule has 0 atom stereocenters. The van der Waals surface area contributed by atoms with Crippen LogP contribution >= 0.6 is 0 Å². The van der Waals surface area contributed by atoms with Gasteiger partial charge >= 0.3 is 6.09 Å². The van der Waals surface area contributed by atoms with Gasteiger partial charge in [0.1, 0.15) is 17.3 Å². The highest BCUT2D eigenvalue weighted by molar-refractivity contribution is 6.02. The van der Waals surface area contributed by atoms with Crippen molar-refractivity contribution in [2.45, 2.75) is 0 Å². The molecule has 204 valence electrons. The van der Waals surface area contributed by atoms with E-state index < -0.39 is 6.09 Å². The molecule has 2 amide bonds. The number of amides is 2. The number of aromatic nitrogens is 1. The largest absolute Gasteiger partial charge is 0.465 e. The first-order valence-corrected chi connectivity index (χ1v) is 12.4. The van der Waals surface area contributed by atoms with Gasteiger partial charge in [-0.15, -0.1) is 6.42 Å². The van der Waals surface area contributed by atoms with Gasteiger partial charge in [0, 0.05) is 53.5 Å². The van der Waals surface area contributed by atoms with Crippen LogP contribution in [0.25, 0.3) is 10.8 Å². The molecule has 10 nitrogen and oxygen atoms in total. The Labute approximate surface area is 231 Å². The van der Waals surface area contributed by atoms with Gasteiger partial charge < -0.3 is 30.0 Å². The second kappa shape index (κ2) is 13.6. The highest BCUT2D eigenvalue weighted by Crippen LogP contribution is 2.35. The van der Waals surface area contributed by atoms with Crippen molar-refractivity contribution in [3.63, 3.8) is 0 Å². The Kier molecular flexibility index (Phi) is 9.50. The molecule has 0 fully saturated rings. The molecular weight excluding hydrogens is 512 g/mol. The number of hydrogen-bond donors (Lipinski definition) is 4. The maximum absolute atomic E-state index is 12.7. The Morgan fingerprint density at radius 2 is 1.82 bits per heavy atom. The molecule has 0 aliphatic heterocycles. The van der Waals surface area contributed by atoms with Gasteiger partial charge in [0.2, 0.25) is 0 Å². The van der Waals surface area contributed by atoms with E-state index in [2.05, 4.69) is 26.9 Å². The minimum Gasteiger partial charge on any atom is -0.465 e. The van der Waals surface area contributed by atoms with Gasteiger partial charge in [-0.2, -0.15) is 0 Å². The number of pyridine rings is 1. The molecular formula is C30H28N4O6. The summed E-state index contributed by atoms with van der Waals surface area (Å²) in [4.78, 5) is 28.2. The Balaban J connectivity index is 1.49. The Morgan fingerprint density at radius 3 is 2.60 bits per heavy atom. The standard InChI is InChI=1S/C30H28N4O6/c1-3-20-16-21(29(35)32-12-13-39-15-14-38-2)18-22(17-20)33-28-19-23(10-11-31-28)40-27-9-8-26(34-30(36)37)24-6-4-5-7-25(24)27/h1,4-11,16-19,34H,12-15H2,2H3,(H,31,33)(H,32,35)(H,36,37). The molecule has 0 bridgehead atoms. The molecule has 0 saturated carbocycles. The summed E-state index contributed by atoms with van der Waals surface area (Å²) in [7, 11) is 1.59. The lowest BCUT2D eigenvalue weighted by Crippen LogP contribution is -2.27. The van der Waals surface area contributed by atoms with Gasteiger partial charge in [0.15, 0.2) is 0 Å². The van der Waals surface area contributed by atoms with Crippen LogP contribution in [-0.4, -0.2) is 55.6 Å². The summed E-state index contributed by atoms with van der Waals surface area (Å²) in [6, 6.07) is 19.1. The molecule has 40 heavy (non-hydrogen) atoms. The zero-order valence-corrected chi connectivity index (χ0v) is 21.8. The second-order valence-corrected chi connectivity index (χ2v) is 8.50. The molecule has 0 saturated heterocycles. The third kappa shape index (κ3) is 7.48. The summed E-state index contributed by atoms with van der Waals surface area (Å²) in [5.74, 6) is 3.80. The number of carbonyl (C=O) groups is 2. The molecule has 10 heteroatoms. The fourth-order valence-corrected chi connectivity index (χ4v) is 3.90. The van der Waals surface area contributed by atoms with E-state index in [1.54, 1.807) is 55.8 Å². The number of benzene rings is 3. The SMILES string of the molecule is C#Cc1cc(Nc2cc(Oc3ccc(NC(=O)O)c4ccccc34)ccn2)cc(C(=O)NCCOCCOC)c1. The van der Waals surface area contributed by atoms with Crippen LogP contribution in [0, 0.1) is 12.3 Å². The van der Waals surface area contributed by atoms with Crippen molar-refractivity contribution >= 4 is 40.0 Å². The molecule has 0 spiro atoms. The van der Waals surface area contributed by atoms with Crippen LogP contribution < -0.4 is 20.7 Å². The van der Waals surface area contributed by atoms with Crippen LogP contribution in [0.5, 0.6) is 11.5 Å². The fraction of sp³-hybridized carbons (Fsp3) is 0.167. The molecule has 0 radical (unpaired) electrons. The number of carboxylic acid groups (broad SMARTS) is 1. The molecule has 1 aromatic heterocycles. The molecule has 0 aliphatic rings. The van der Waals surface area contributed by atoms with E-state index in [1.807, 2.05) is 24.3 Å². The van der Waals surface area contributed by atoms with Gasteiger partial charge in [0.05, 0.1) is 25.5 Å². The van der Waals surface area contributed by atoms with Gasteiger partial charge in [-0.25, -0.2) is 9.78 Å². The maximum atomic E-state index is 12.7. The van der Waals surface area contributed by atoms with Crippen molar-refractivity contribution in [1.29, 1.82) is 0 Å². The Bertz CT molecular complexity index is 1550. The predicted molar refractivity (Wildman–Crippen MR) is 153 cm³/mol. The third-order valence-electron chi connectivity index (χ3n) is 5.68. The molecule has 0 unspecified atom stereocenters. The smallest absolute Gasteiger partial charge is 0.409 e. The third-order valence-corrected chi connectivity index (χ3v) is 5.68. The van der Waals surface area contributed by atoms with E-state index in [4.69, 9.17) is 25.7 Å². The van der Waals surface area contributed by atoms with Crippen molar-refractivity contribution in [1.82, 2.24) is 10.3 Å². The normalized spacial score (nSPS) is 10.5. The zero-order chi connectivity index (χ0) is 28.3. The number of terminal acetylenes is 1. The van der Waals surface area contributed by atoms with Crippen molar-refractivity contribution in [2.24, 2.45) is 0 Å². The summed E-state index contributed by atoms with van der Waals surface area (Å²) in [6.45, 7) is 1.64. The number of anilines is 3. The topological polar surface area (TPSA) is 131 Å². The van der Waals surface area contributed by atoms with E-state index in [0.29, 0.717) is 71.6 Å². The van der Waals surface area contributed by atoms with E-state index in [-0.39, 0.29) is 5.91 Å². The minimum absolute atomic E-state index is 0.284. The molecule has 4 rings (SSSR count). The minimum atomic E-state index is -1.15. The predicted octanol–water partition coefficient (Wildman–Crippen LogP) is 5.23. The van der Waals surface area contributed by atoms with Crippen LogP contribution in [0.3, 0.4) is 0 Å². The van der Waals surface area contributed by atoms with Crippen LogP contribution in [0.4, 0.5) is 22.0 Å². The number of nitrogens with one attached hydrogen (secondary N) is 3. The number of methoxy groups -OCH3 is 1. The maximum Gasteiger partial charge on any atom is 0.409 e. The quantitative estimate of drug-likeness (QED) is 0.142. The molecule has 4 N–H and O–H groups in total. The van der Waals surface area contributed by atoms with Crippen LogP contribution in [-0.2, 0) is 9.47 Å². The van der Waals surface area contributed by atoms with E-state index in [9.17, 15) is 9.59 Å². The Hall–Kier alpha value is -5.11. The number of carbonyl (C=O) groups excluding carboxylic acids is 1. The first-order valence-electron chi connectivity index (χ1n) is 12.4. The molecule has 4 aromatic rings. The summed E-state index contributed by atoms with van der Waals surface area (Å²) in [5, 5.41) is 19.0. The summed E-state index contributed by atoms with van der Waals surface area (Å²) < 4.78 is 16.4. The summed E-state index contributed by atoms with van der Waals surface area (Å²) >= 11 is 0. The van der Waals surface area contributed by atoms with Crippen molar-refractivity contribution in [3.05, 3.63) is 84.1 Å². The van der Waals surface area contributed by atoms with E-state index in [1.165, 1.54) is 0 Å². The first-order chi connectivity index (χ1) is 19.5. The van der Waals surface area contributed by atoms with Gasteiger partial charge in [-0.3, -0.25) is 10.1 Å². The number of nitrogens with zero attached hydrogens (tertiary/aromatic N) is 1. The summed E-state index contributed by atoms with van der Waals surface area (Å²) in [6.07, 6.45) is 6.07. The molecule has 3 aromatic carbocycles.